The molecule has 0 radical (unpaired) electrons. The molecule has 3 rings (SSSR count). The van der Waals surface area contributed by atoms with Gasteiger partial charge in [0.05, 0.1) is 11.5 Å². The molecule has 0 atom stereocenters. The highest BCUT2D eigenvalue weighted by Crippen LogP contribution is 2.31. The molecule has 0 saturated heterocycles. The first-order chi connectivity index (χ1) is 14.5. The lowest BCUT2D eigenvalue weighted by atomic mass is 10.2. The van der Waals surface area contributed by atoms with Gasteiger partial charge < -0.3 is 10.1 Å². The topological polar surface area (TPSA) is 131 Å². The van der Waals surface area contributed by atoms with Crippen LogP contribution in [0.25, 0.3) is 0 Å². The number of hydrogen-bond donors (Lipinski definition) is 3. The van der Waals surface area contributed by atoms with Crippen molar-refractivity contribution in [3.8, 4) is 5.75 Å². The summed E-state index contributed by atoms with van der Waals surface area (Å²) in [5.41, 5.74) is 5.30. The molecule has 0 aliphatic rings. The molecule has 0 fully saturated rings. The van der Waals surface area contributed by atoms with E-state index in [1.807, 2.05) is 6.92 Å². The van der Waals surface area contributed by atoms with Crippen molar-refractivity contribution in [2.24, 2.45) is 0 Å². The number of anilines is 3. The molecule has 30 heavy (non-hydrogen) atoms. The van der Waals surface area contributed by atoms with Gasteiger partial charge in [-0.25, -0.2) is 9.97 Å². The molecule has 0 unspecified atom stereocenters. The quantitative estimate of drug-likeness (QED) is 0.363. The van der Waals surface area contributed by atoms with E-state index in [-0.39, 0.29) is 11.6 Å². The van der Waals surface area contributed by atoms with E-state index >= 15 is 0 Å². The summed E-state index contributed by atoms with van der Waals surface area (Å²) in [6, 6.07) is 13.0. The third-order valence-electron chi connectivity index (χ3n) is 3.83. The van der Waals surface area contributed by atoms with Gasteiger partial charge in [0.25, 0.3) is 5.91 Å². The molecule has 1 amide bonds. The van der Waals surface area contributed by atoms with Crippen molar-refractivity contribution in [3.63, 3.8) is 0 Å². The first-order valence-corrected chi connectivity index (χ1v) is 9.17. The molecule has 0 aliphatic heterocycles. The SMILES string of the molecule is CCOc1ccc(Nc2ncnc(NNC(=O)c3ccc(Cl)cc3)c2[N+](=O)[O-])cc1. The second-order valence-corrected chi connectivity index (χ2v) is 6.28. The number of rotatable bonds is 8. The molecular weight excluding hydrogens is 412 g/mol. The fraction of sp³-hybridized carbons (Fsp3) is 0.105. The number of nitrogens with zero attached hydrogens (tertiary/aromatic N) is 3. The van der Waals surface area contributed by atoms with Crippen molar-refractivity contribution in [1.29, 1.82) is 0 Å². The van der Waals surface area contributed by atoms with E-state index in [9.17, 15) is 14.9 Å². The Labute approximate surface area is 176 Å². The fourth-order valence-electron chi connectivity index (χ4n) is 2.46. The van der Waals surface area contributed by atoms with Crippen LogP contribution in [-0.2, 0) is 0 Å². The predicted octanol–water partition coefficient (Wildman–Crippen LogP) is 3.94. The number of aromatic nitrogens is 2. The van der Waals surface area contributed by atoms with Gasteiger partial charge in [-0.1, -0.05) is 11.6 Å². The lowest BCUT2D eigenvalue weighted by Gasteiger charge is -2.11. The maximum atomic E-state index is 12.2. The lowest BCUT2D eigenvalue weighted by molar-refractivity contribution is -0.383. The molecule has 0 spiro atoms. The fourth-order valence-corrected chi connectivity index (χ4v) is 2.59. The number of hydrogen-bond acceptors (Lipinski definition) is 8. The Balaban J connectivity index is 1.77. The van der Waals surface area contributed by atoms with Gasteiger partial charge in [-0.15, -0.1) is 0 Å². The van der Waals surface area contributed by atoms with Crippen LogP contribution in [0.4, 0.5) is 23.0 Å². The first kappa shape index (κ1) is 20.8. The molecular formula is C19H17ClN6O4. The highest BCUT2D eigenvalue weighted by atomic mass is 35.5. The Hall–Kier alpha value is -3.92. The van der Waals surface area contributed by atoms with E-state index in [4.69, 9.17) is 16.3 Å². The number of amides is 1. The Morgan fingerprint density at radius 2 is 1.77 bits per heavy atom. The van der Waals surface area contributed by atoms with Crippen molar-refractivity contribution in [3.05, 3.63) is 75.6 Å². The van der Waals surface area contributed by atoms with Crippen molar-refractivity contribution in [2.45, 2.75) is 6.92 Å². The van der Waals surface area contributed by atoms with Gasteiger partial charge in [0, 0.05) is 16.3 Å². The van der Waals surface area contributed by atoms with Crippen LogP contribution in [0.3, 0.4) is 0 Å². The zero-order valence-corrected chi connectivity index (χ0v) is 16.5. The van der Waals surface area contributed by atoms with Crippen LogP contribution in [0.2, 0.25) is 5.02 Å². The maximum Gasteiger partial charge on any atom is 0.355 e. The first-order valence-electron chi connectivity index (χ1n) is 8.79. The second kappa shape index (κ2) is 9.52. The number of carbonyl (C=O) groups excluding carboxylic acids is 1. The Morgan fingerprint density at radius 1 is 1.10 bits per heavy atom. The van der Waals surface area contributed by atoms with E-state index in [0.717, 1.165) is 6.33 Å². The third-order valence-corrected chi connectivity index (χ3v) is 4.09. The van der Waals surface area contributed by atoms with Crippen LogP contribution >= 0.6 is 11.6 Å². The highest BCUT2D eigenvalue weighted by Gasteiger charge is 2.23. The number of ether oxygens (including phenoxy) is 1. The standard InChI is InChI=1S/C19H17ClN6O4/c1-2-30-15-9-7-14(8-10-15)23-17-16(26(28)29)18(22-11-21-17)24-25-19(27)12-3-5-13(20)6-4-12/h3-11H,2H2,1H3,(H,25,27)(H2,21,22,23,24). The zero-order chi connectivity index (χ0) is 21.5. The molecule has 3 N–H and O–H groups in total. The van der Waals surface area contributed by atoms with E-state index < -0.39 is 16.5 Å². The van der Waals surface area contributed by atoms with E-state index in [2.05, 4.69) is 26.1 Å². The molecule has 10 nitrogen and oxygen atoms in total. The Morgan fingerprint density at radius 3 is 2.40 bits per heavy atom. The molecule has 3 aromatic rings. The number of benzene rings is 2. The summed E-state index contributed by atoms with van der Waals surface area (Å²) in [6.45, 7) is 2.40. The summed E-state index contributed by atoms with van der Waals surface area (Å²) in [7, 11) is 0. The van der Waals surface area contributed by atoms with Crippen LogP contribution in [0.5, 0.6) is 5.75 Å². The summed E-state index contributed by atoms with van der Waals surface area (Å²) in [5, 5.41) is 15.0. The van der Waals surface area contributed by atoms with Gasteiger partial charge in [0.15, 0.2) is 0 Å². The summed E-state index contributed by atoms with van der Waals surface area (Å²) >= 11 is 5.80. The zero-order valence-electron chi connectivity index (χ0n) is 15.8. The van der Waals surface area contributed by atoms with Crippen LogP contribution in [-0.4, -0.2) is 27.4 Å². The summed E-state index contributed by atoms with van der Waals surface area (Å²) in [5.74, 6) is -0.0544. The van der Waals surface area contributed by atoms with Gasteiger partial charge in [-0.3, -0.25) is 25.8 Å². The largest absolute Gasteiger partial charge is 0.494 e. The van der Waals surface area contributed by atoms with Crippen LogP contribution in [0, 0.1) is 10.1 Å². The predicted molar refractivity (Wildman–Crippen MR) is 112 cm³/mol. The average molecular weight is 429 g/mol. The van der Waals surface area contributed by atoms with Gasteiger partial charge in [-0.2, -0.15) is 0 Å². The number of nitro groups is 1. The van der Waals surface area contributed by atoms with Crippen LogP contribution in [0.15, 0.2) is 54.9 Å². The van der Waals surface area contributed by atoms with E-state index in [1.54, 1.807) is 36.4 Å². The number of carbonyl (C=O) groups is 1. The van der Waals surface area contributed by atoms with Crippen molar-refractivity contribution < 1.29 is 14.5 Å². The minimum atomic E-state index is -0.645. The minimum absolute atomic E-state index is 0.0394. The van der Waals surface area contributed by atoms with Crippen molar-refractivity contribution in [2.75, 3.05) is 17.3 Å². The van der Waals surface area contributed by atoms with Gasteiger partial charge in [-0.05, 0) is 55.5 Å². The Bertz CT molecular complexity index is 1040. The molecule has 154 valence electrons. The van der Waals surface area contributed by atoms with E-state index in [1.165, 1.54) is 12.1 Å². The Kier molecular flexibility index (Phi) is 6.60. The number of hydrazine groups is 1. The normalized spacial score (nSPS) is 10.2. The average Bonchev–Trinajstić information content (AvgIpc) is 2.74. The second-order valence-electron chi connectivity index (χ2n) is 5.85. The molecule has 0 aliphatic carbocycles. The molecule has 1 heterocycles. The number of nitrogens with one attached hydrogen (secondary N) is 3. The molecule has 11 heteroatoms. The van der Waals surface area contributed by atoms with Crippen molar-refractivity contribution >= 4 is 40.5 Å². The summed E-state index contributed by atoms with van der Waals surface area (Å²) in [6.07, 6.45) is 1.14. The van der Waals surface area contributed by atoms with E-state index in [0.29, 0.717) is 28.6 Å². The summed E-state index contributed by atoms with van der Waals surface area (Å²) in [4.78, 5) is 31.0. The number of halogens is 1. The van der Waals surface area contributed by atoms with Gasteiger partial charge in [0.1, 0.15) is 12.1 Å². The summed E-state index contributed by atoms with van der Waals surface area (Å²) < 4.78 is 5.37. The lowest BCUT2D eigenvalue weighted by Crippen LogP contribution is -2.30. The highest BCUT2D eigenvalue weighted by molar-refractivity contribution is 6.30. The monoisotopic (exact) mass is 428 g/mol. The van der Waals surface area contributed by atoms with Crippen LogP contribution < -0.4 is 20.9 Å². The molecule has 0 saturated carbocycles. The molecule has 2 aromatic carbocycles. The maximum absolute atomic E-state index is 12.2. The van der Waals surface area contributed by atoms with Gasteiger partial charge in [0.2, 0.25) is 11.6 Å². The van der Waals surface area contributed by atoms with Crippen molar-refractivity contribution in [1.82, 2.24) is 15.4 Å². The van der Waals surface area contributed by atoms with Gasteiger partial charge >= 0.3 is 5.69 Å². The minimum Gasteiger partial charge on any atom is -0.494 e. The molecule has 1 aromatic heterocycles. The molecule has 0 bridgehead atoms. The van der Waals surface area contributed by atoms with Crippen LogP contribution in [0.1, 0.15) is 17.3 Å². The smallest absolute Gasteiger partial charge is 0.355 e. The third kappa shape index (κ3) is 5.11.